The SMILES string of the molecule is O=C[C@H](O)[C@@H](O)[C@H](O)[C@H](O)CO.OC[C@H]1OC(O)[C@H](O)[C@@H](O)[C@@H]1O. The van der Waals surface area contributed by atoms with E-state index in [1.54, 1.807) is 0 Å². The molecule has 0 aromatic rings. The molecule has 0 saturated carbocycles. The molecular formula is C12H24O12. The first kappa shape index (κ1) is 23.2. The van der Waals surface area contributed by atoms with E-state index < -0.39 is 68.3 Å². The highest BCUT2D eigenvalue weighted by atomic mass is 16.6. The number of ether oxygens (including phenoxy) is 1. The zero-order chi connectivity index (χ0) is 19.0. The van der Waals surface area contributed by atoms with E-state index in [9.17, 15) is 4.79 Å². The van der Waals surface area contributed by atoms with E-state index in [0.717, 1.165) is 0 Å². The number of aldehydes is 1. The standard InChI is InChI=1S/2C6H12O6/c7-1-2-3(8)4(9)5(10)6(11)12-2;7-1-3(9)5(11)6(12)4(10)2-8/h2-11H,1H2;1,3-6,8-12H,2H2/t2-,3-,4+,5-,6?;3-,4+,5+,6+/m10/s1. The molecule has 24 heavy (non-hydrogen) atoms. The molecule has 0 amide bonds. The minimum atomic E-state index is -1.79. The zero-order valence-electron chi connectivity index (χ0n) is 12.5. The van der Waals surface area contributed by atoms with Gasteiger partial charge in [-0.05, 0) is 0 Å². The van der Waals surface area contributed by atoms with Crippen LogP contribution < -0.4 is 0 Å². The van der Waals surface area contributed by atoms with Crippen LogP contribution in [-0.4, -0.2) is 126 Å². The van der Waals surface area contributed by atoms with E-state index >= 15 is 0 Å². The first-order valence-electron chi connectivity index (χ1n) is 6.89. The summed E-state index contributed by atoms with van der Waals surface area (Å²) in [7, 11) is 0. The fourth-order valence-electron chi connectivity index (χ4n) is 1.70. The van der Waals surface area contributed by atoms with Crippen LogP contribution >= 0.6 is 0 Å². The van der Waals surface area contributed by atoms with E-state index in [1.165, 1.54) is 0 Å². The third kappa shape index (κ3) is 6.27. The smallest absolute Gasteiger partial charge is 0.184 e. The molecule has 1 saturated heterocycles. The second kappa shape index (κ2) is 11.0. The van der Waals surface area contributed by atoms with Gasteiger partial charge in [0.05, 0.1) is 13.2 Å². The summed E-state index contributed by atoms with van der Waals surface area (Å²) < 4.78 is 4.58. The van der Waals surface area contributed by atoms with E-state index in [4.69, 9.17) is 51.1 Å². The quantitative estimate of drug-likeness (QED) is 0.199. The van der Waals surface area contributed by atoms with Gasteiger partial charge in [0.15, 0.2) is 12.6 Å². The number of hydrogen-bond acceptors (Lipinski definition) is 12. The fourth-order valence-corrected chi connectivity index (χ4v) is 1.70. The molecule has 12 nitrogen and oxygen atoms in total. The van der Waals surface area contributed by atoms with Crippen molar-refractivity contribution in [3.8, 4) is 0 Å². The van der Waals surface area contributed by atoms with Crippen LogP contribution in [0.15, 0.2) is 0 Å². The minimum Gasteiger partial charge on any atom is -0.394 e. The summed E-state index contributed by atoms with van der Waals surface area (Å²) >= 11 is 0. The maximum absolute atomic E-state index is 9.90. The molecule has 1 fully saturated rings. The summed E-state index contributed by atoms with van der Waals surface area (Å²) in [5, 5.41) is 88.2. The molecule has 1 aliphatic heterocycles. The Bertz CT molecular complexity index is 350. The molecule has 0 spiro atoms. The van der Waals surface area contributed by atoms with Crippen molar-refractivity contribution in [2.24, 2.45) is 0 Å². The maximum atomic E-state index is 9.90. The lowest BCUT2D eigenvalue weighted by Gasteiger charge is -2.37. The van der Waals surface area contributed by atoms with Crippen molar-refractivity contribution in [1.82, 2.24) is 0 Å². The van der Waals surface area contributed by atoms with Crippen LogP contribution in [0.4, 0.5) is 0 Å². The van der Waals surface area contributed by atoms with Crippen LogP contribution in [0.25, 0.3) is 0 Å². The first-order valence-corrected chi connectivity index (χ1v) is 6.89. The van der Waals surface area contributed by atoms with E-state index in [1.807, 2.05) is 0 Å². The van der Waals surface area contributed by atoms with E-state index in [0.29, 0.717) is 0 Å². The molecule has 0 radical (unpaired) electrons. The number of carbonyl (C=O) groups excluding carboxylic acids is 1. The minimum absolute atomic E-state index is 0.0258. The molecule has 0 bridgehead atoms. The van der Waals surface area contributed by atoms with Gasteiger partial charge in [0.1, 0.15) is 48.8 Å². The molecule has 9 atom stereocenters. The van der Waals surface area contributed by atoms with Gasteiger partial charge >= 0.3 is 0 Å². The van der Waals surface area contributed by atoms with Crippen molar-refractivity contribution in [2.75, 3.05) is 13.2 Å². The molecule has 1 rings (SSSR count). The predicted octanol–water partition coefficient (Wildman–Crippen LogP) is -6.60. The highest BCUT2D eigenvalue weighted by molar-refractivity contribution is 5.56. The zero-order valence-corrected chi connectivity index (χ0v) is 12.5. The van der Waals surface area contributed by atoms with Crippen molar-refractivity contribution >= 4 is 6.29 Å². The molecule has 1 aliphatic rings. The van der Waals surface area contributed by atoms with Crippen molar-refractivity contribution in [2.45, 2.75) is 55.1 Å². The maximum Gasteiger partial charge on any atom is 0.184 e. The molecule has 1 unspecified atom stereocenters. The van der Waals surface area contributed by atoms with E-state index in [-0.39, 0.29) is 6.29 Å². The van der Waals surface area contributed by atoms with Crippen molar-refractivity contribution < 1.29 is 60.6 Å². The van der Waals surface area contributed by atoms with Crippen LogP contribution in [0.1, 0.15) is 0 Å². The summed E-state index contributed by atoms with van der Waals surface area (Å²) in [6, 6.07) is 0. The molecule has 0 aromatic heterocycles. The normalized spacial score (nSPS) is 35.2. The van der Waals surface area contributed by atoms with Gasteiger partial charge in [-0.2, -0.15) is 0 Å². The first-order chi connectivity index (χ1) is 11.1. The number of hydrogen-bond donors (Lipinski definition) is 10. The number of aliphatic hydroxyl groups excluding tert-OH is 10. The van der Waals surface area contributed by atoms with Gasteiger partial charge in [-0.25, -0.2) is 0 Å². The van der Waals surface area contributed by atoms with Crippen LogP contribution in [0.2, 0.25) is 0 Å². The molecule has 10 N–H and O–H groups in total. The van der Waals surface area contributed by atoms with Gasteiger partial charge in [-0.15, -0.1) is 0 Å². The third-order valence-corrected chi connectivity index (χ3v) is 3.29. The summed E-state index contributed by atoms with van der Waals surface area (Å²) in [5.41, 5.74) is 0. The molecule has 1 heterocycles. The van der Waals surface area contributed by atoms with Crippen LogP contribution in [0.3, 0.4) is 0 Å². The van der Waals surface area contributed by atoms with Crippen LogP contribution in [0, 0.1) is 0 Å². The fraction of sp³-hybridized carbons (Fsp3) is 0.917. The average molecular weight is 360 g/mol. The Morgan fingerprint density at radius 1 is 0.875 bits per heavy atom. The van der Waals surface area contributed by atoms with Crippen molar-refractivity contribution in [3.05, 3.63) is 0 Å². The summed E-state index contributed by atoms with van der Waals surface area (Å²) in [4.78, 5) is 9.90. The number of rotatable bonds is 6. The van der Waals surface area contributed by atoms with Gasteiger partial charge in [0, 0.05) is 0 Å². The topological polar surface area (TPSA) is 229 Å². The Labute approximate surface area is 136 Å². The van der Waals surface area contributed by atoms with Gasteiger partial charge in [-0.3, -0.25) is 0 Å². The molecular weight excluding hydrogens is 336 g/mol. The predicted molar refractivity (Wildman–Crippen MR) is 73.2 cm³/mol. The highest BCUT2D eigenvalue weighted by Gasteiger charge is 2.42. The number of carbonyl (C=O) groups is 1. The Kier molecular flexibility index (Phi) is 10.6. The average Bonchev–Trinajstić information content (AvgIpc) is 2.60. The molecule has 0 aromatic carbocycles. The summed E-state index contributed by atoms with van der Waals surface area (Å²) in [6.45, 7) is -1.29. The van der Waals surface area contributed by atoms with Crippen molar-refractivity contribution in [1.29, 1.82) is 0 Å². The Hall–Kier alpha value is -0.770. The lowest BCUT2D eigenvalue weighted by Crippen LogP contribution is -2.58. The van der Waals surface area contributed by atoms with Crippen molar-refractivity contribution in [3.63, 3.8) is 0 Å². The lowest BCUT2D eigenvalue weighted by molar-refractivity contribution is -0.286. The highest BCUT2D eigenvalue weighted by Crippen LogP contribution is 2.19. The molecule has 0 aliphatic carbocycles. The largest absolute Gasteiger partial charge is 0.394 e. The summed E-state index contributed by atoms with van der Waals surface area (Å²) in [6.07, 6.45) is -13.9. The van der Waals surface area contributed by atoms with Gasteiger partial charge < -0.3 is 60.6 Å². The van der Waals surface area contributed by atoms with Gasteiger partial charge in [-0.1, -0.05) is 0 Å². The third-order valence-electron chi connectivity index (χ3n) is 3.29. The monoisotopic (exact) mass is 360 g/mol. The molecule has 144 valence electrons. The molecule has 12 heteroatoms. The van der Waals surface area contributed by atoms with Gasteiger partial charge in [0.25, 0.3) is 0 Å². The van der Waals surface area contributed by atoms with Crippen LogP contribution in [0.5, 0.6) is 0 Å². The Balaban J connectivity index is 0.000000441. The second-order valence-electron chi connectivity index (χ2n) is 5.08. The van der Waals surface area contributed by atoms with E-state index in [2.05, 4.69) is 4.74 Å². The lowest BCUT2D eigenvalue weighted by atomic mass is 10.00. The Morgan fingerprint density at radius 2 is 1.42 bits per heavy atom. The second-order valence-corrected chi connectivity index (χ2v) is 5.08. The Morgan fingerprint density at radius 3 is 1.83 bits per heavy atom. The van der Waals surface area contributed by atoms with Crippen LogP contribution in [-0.2, 0) is 9.53 Å². The number of aliphatic hydroxyl groups is 10. The summed E-state index contributed by atoms with van der Waals surface area (Å²) in [5.74, 6) is 0. The van der Waals surface area contributed by atoms with Gasteiger partial charge in [0.2, 0.25) is 0 Å².